The number of nitro groups is 2. The van der Waals surface area contributed by atoms with E-state index in [-0.39, 0.29) is 31.8 Å². The Hall–Kier alpha value is -3.32. The summed E-state index contributed by atoms with van der Waals surface area (Å²) in [4.78, 5) is 25.4. The zero-order valence-electron chi connectivity index (χ0n) is 17.4. The molecule has 5 rings (SSSR count). The molecule has 1 heterocycles. The third-order valence-corrected chi connectivity index (χ3v) is 9.29. The molecule has 0 aliphatic heterocycles. The Morgan fingerprint density at radius 3 is 1.80 bits per heavy atom. The van der Waals surface area contributed by atoms with Crippen LogP contribution in [0.5, 0.6) is 0 Å². The summed E-state index contributed by atoms with van der Waals surface area (Å²) in [5, 5.41) is 22.8. The number of benzene rings is 3. The summed E-state index contributed by atoms with van der Waals surface area (Å²) in [5.74, 6) is -0.197. The molecule has 10 nitrogen and oxygen atoms in total. The van der Waals surface area contributed by atoms with Crippen molar-refractivity contribution in [2.75, 3.05) is 0 Å². The second-order valence-corrected chi connectivity index (χ2v) is 11.7. The van der Waals surface area contributed by atoms with Crippen LogP contribution < -0.4 is 0 Å². The predicted molar refractivity (Wildman–Crippen MR) is 130 cm³/mol. The summed E-state index contributed by atoms with van der Waals surface area (Å²) >= 11 is 1.75. The van der Waals surface area contributed by atoms with Crippen molar-refractivity contribution in [3.05, 3.63) is 107 Å². The minimum absolute atomic E-state index is 0.0356. The zero-order valence-corrected chi connectivity index (χ0v) is 20.8. The number of fused-ring (bicyclic) bond motifs is 3. The second-order valence-electron chi connectivity index (χ2n) is 7.31. The van der Waals surface area contributed by atoms with Gasteiger partial charge in [-0.2, -0.15) is 0 Å². The van der Waals surface area contributed by atoms with Crippen LogP contribution in [0.2, 0.25) is 0 Å². The Kier molecular flexibility index (Phi) is 6.90. The fraction of sp³-hybridized carbons (Fsp3) is 0.0455. The van der Waals surface area contributed by atoms with Gasteiger partial charge in [0.1, 0.15) is 0 Å². The van der Waals surface area contributed by atoms with E-state index in [1.54, 1.807) is 35.6 Å². The van der Waals surface area contributed by atoms with Crippen LogP contribution in [0.3, 0.4) is 0 Å². The zero-order chi connectivity index (χ0) is 25.3. The van der Waals surface area contributed by atoms with Crippen LogP contribution in [0.25, 0.3) is 21.6 Å². The van der Waals surface area contributed by atoms with Gasteiger partial charge in [-0.25, -0.2) is 8.42 Å². The first-order valence-electron chi connectivity index (χ1n) is 9.75. The van der Waals surface area contributed by atoms with Gasteiger partial charge < -0.3 is 4.55 Å². The Morgan fingerprint density at radius 1 is 0.857 bits per heavy atom. The molecule has 0 amide bonds. The summed E-state index contributed by atoms with van der Waals surface area (Å²) in [6.07, 6.45) is 0. The van der Waals surface area contributed by atoms with Gasteiger partial charge in [-0.1, -0.05) is 0 Å². The van der Waals surface area contributed by atoms with Gasteiger partial charge in [-0.3, -0.25) is 4.55 Å². The fourth-order valence-electron chi connectivity index (χ4n) is 3.84. The van der Waals surface area contributed by atoms with Crippen LogP contribution in [-0.2, 0) is 10.4 Å². The summed E-state index contributed by atoms with van der Waals surface area (Å²) in [5.41, 5.74) is 4.73. The quantitative estimate of drug-likeness (QED) is 0.0800. The van der Waals surface area contributed by atoms with E-state index in [0.717, 1.165) is 32.7 Å². The molecule has 35 heavy (non-hydrogen) atoms. The van der Waals surface area contributed by atoms with Crippen molar-refractivity contribution in [1.82, 2.24) is 0 Å². The topological polar surface area (TPSA) is 164 Å². The van der Waals surface area contributed by atoms with E-state index in [4.69, 9.17) is 17.5 Å². The van der Waals surface area contributed by atoms with E-state index < -0.39 is 20.2 Å². The van der Waals surface area contributed by atoms with Crippen LogP contribution in [0.15, 0.2) is 71.7 Å². The third kappa shape index (κ3) is 5.51. The van der Waals surface area contributed by atoms with Gasteiger partial charge in [-0.15, -0.1) is 0 Å². The summed E-state index contributed by atoms with van der Waals surface area (Å²) in [6, 6.07) is 19.8. The molecule has 0 fully saturated rings. The maximum atomic E-state index is 11.4. The Bertz CT molecular complexity index is 1480. The van der Waals surface area contributed by atoms with E-state index in [1.807, 2.05) is 18.2 Å². The molecule has 13 heteroatoms. The van der Waals surface area contributed by atoms with Gasteiger partial charge in [0.2, 0.25) is 10.4 Å². The molecular formula is C22H14N2O8S2Se. The summed E-state index contributed by atoms with van der Waals surface area (Å²) in [6.45, 7) is 0. The van der Waals surface area contributed by atoms with Crippen LogP contribution in [-0.4, -0.2) is 41.9 Å². The summed E-state index contributed by atoms with van der Waals surface area (Å²) < 4.78 is 34.0. The molecule has 0 saturated carbocycles. The average Bonchev–Trinajstić information content (AvgIpc) is 3.40. The van der Waals surface area contributed by atoms with E-state index in [0.29, 0.717) is 0 Å². The van der Waals surface area contributed by atoms with E-state index in [1.165, 1.54) is 15.9 Å². The first kappa shape index (κ1) is 24.8. The Morgan fingerprint density at radius 2 is 1.34 bits per heavy atom. The van der Waals surface area contributed by atoms with Crippen molar-refractivity contribution in [2.24, 2.45) is 0 Å². The molecule has 0 bridgehead atoms. The first-order valence-corrected chi connectivity index (χ1v) is 13.8. The molecule has 1 aliphatic carbocycles. The fourth-order valence-corrected chi connectivity index (χ4v) is 8.02. The van der Waals surface area contributed by atoms with Gasteiger partial charge in [0.15, 0.2) is 0 Å². The van der Waals surface area contributed by atoms with Gasteiger partial charge in [0.25, 0.3) is 0 Å². The molecule has 1 aliphatic rings. The third-order valence-electron chi connectivity index (χ3n) is 5.19. The normalized spacial score (nSPS) is 12.3. The van der Waals surface area contributed by atoms with Crippen LogP contribution in [0.4, 0.5) is 11.4 Å². The van der Waals surface area contributed by atoms with Crippen molar-refractivity contribution in [1.29, 1.82) is 0 Å². The monoisotopic (exact) mass is 578 g/mol. The molecule has 4 aromatic rings. The van der Waals surface area contributed by atoms with Crippen molar-refractivity contribution < 1.29 is 27.4 Å². The molecule has 1 N–H and O–H groups in total. The van der Waals surface area contributed by atoms with Crippen molar-refractivity contribution in [3.63, 3.8) is 0 Å². The Labute approximate surface area is 208 Å². The SMILES string of the molecule is O=S(=O)([O-])O.O=[N+]([O-])c1ccc2c(c1)C(c1[s+]c(-c3ccccc3)c[se]1)c1cc([N+](=O)[O-])ccc1-2. The molecule has 178 valence electrons. The molecule has 0 unspecified atom stereocenters. The van der Waals surface area contributed by atoms with Crippen LogP contribution >= 0.6 is 11.3 Å². The minimum atomic E-state index is -4.92. The molecule has 3 aromatic carbocycles. The number of nitrogens with zero attached hydrogens (tertiary/aromatic N) is 2. The number of rotatable bonds is 4. The van der Waals surface area contributed by atoms with Gasteiger partial charge in [0, 0.05) is 0 Å². The molecule has 0 spiro atoms. The van der Waals surface area contributed by atoms with Gasteiger partial charge in [0.05, 0.1) is 0 Å². The van der Waals surface area contributed by atoms with Crippen molar-refractivity contribution in [2.45, 2.75) is 5.92 Å². The van der Waals surface area contributed by atoms with Crippen LogP contribution in [0.1, 0.15) is 20.8 Å². The van der Waals surface area contributed by atoms with Gasteiger partial charge in [-0.05, 0) is 0 Å². The van der Waals surface area contributed by atoms with Crippen LogP contribution in [0, 0.1) is 20.2 Å². The number of hydrogen-bond donors (Lipinski definition) is 1. The molecule has 0 saturated heterocycles. The standard InChI is InChI=1S/C22H13N2O4SSe.H2O4S/c25-23(26)14-6-8-16-17-9-7-15(24(27)28)11-19(17)21(18(16)10-14)22-29-20(12-30-22)13-4-2-1-3-5-13;1-5(2,3)4/h1-12,21H;(H2,1,2,3,4)/q+1;/p-1. The van der Waals surface area contributed by atoms with Gasteiger partial charge >= 0.3 is 181 Å². The number of nitro benzene ring substituents is 2. The second kappa shape index (κ2) is 9.74. The summed E-state index contributed by atoms with van der Waals surface area (Å²) in [7, 11) is -4.92. The van der Waals surface area contributed by atoms with E-state index in [9.17, 15) is 20.2 Å². The maximum absolute atomic E-state index is 11.4. The number of non-ortho nitro benzene ring substituents is 2. The van der Waals surface area contributed by atoms with Crippen molar-refractivity contribution in [3.8, 4) is 21.6 Å². The average molecular weight is 577 g/mol. The number of hydrogen-bond acceptors (Lipinski definition) is 7. The van der Waals surface area contributed by atoms with E-state index in [2.05, 4.69) is 17.1 Å². The molecule has 0 radical (unpaired) electrons. The predicted octanol–water partition coefficient (Wildman–Crippen LogP) is 4.73. The van der Waals surface area contributed by atoms with Crippen molar-refractivity contribution >= 4 is 47.6 Å². The molecule has 0 atom stereocenters. The molecular weight excluding hydrogens is 563 g/mol. The first-order chi connectivity index (χ1) is 16.5. The van der Waals surface area contributed by atoms with E-state index >= 15 is 0 Å². The molecule has 1 aromatic heterocycles. The Balaban J connectivity index is 0.000000527.